The highest BCUT2D eigenvalue weighted by Crippen LogP contribution is 2.28. The van der Waals surface area contributed by atoms with Crippen LogP contribution in [0, 0.1) is 0 Å². The molecule has 0 unspecified atom stereocenters. The second kappa shape index (κ2) is 8.78. The molecule has 3 heteroatoms. The lowest BCUT2D eigenvalue weighted by molar-refractivity contribution is -0.161. The van der Waals surface area contributed by atoms with E-state index in [4.69, 9.17) is 9.47 Å². The van der Waals surface area contributed by atoms with Gasteiger partial charge in [0.05, 0.1) is 13.2 Å². The van der Waals surface area contributed by atoms with Crippen molar-refractivity contribution in [2.24, 2.45) is 0 Å². The molecule has 0 bridgehead atoms. The van der Waals surface area contributed by atoms with Crippen LogP contribution < -0.4 is 0 Å². The first-order valence-electron chi connectivity index (χ1n) is 7.88. The van der Waals surface area contributed by atoms with Gasteiger partial charge in [0.1, 0.15) is 0 Å². The van der Waals surface area contributed by atoms with Gasteiger partial charge in [-0.2, -0.15) is 0 Å². The van der Waals surface area contributed by atoms with Crippen molar-refractivity contribution in [3.63, 3.8) is 0 Å². The maximum absolute atomic E-state index is 6.06. The fourth-order valence-corrected chi connectivity index (χ4v) is 2.86. The lowest BCUT2D eigenvalue weighted by Crippen LogP contribution is -2.10. The third-order valence-electron chi connectivity index (χ3n) is 3.65. The summed E-state index contributed by atoms with van der Waals surface area (Å²) in [5.41, 5.74) is 3.24. The van der Waals surface area contributed by atoms with E-state index in [9.17, 15) is 0 Å². The molecule has 0 spiro atoms. The first-order valence-corrected chi connectivity index (χ1v) is 8.68. The number of benzene rings is 3. The van der Waals surface area contributed by atoms with Crippen molar-refractivity contribution in [2.75, 3.05) is 0 Å². The van der Waals surface area contributed by atoms with E-state index in [1.807, 2.05) is 84.9 Å². The first kappa shape index (κ1) is 16.9. The third-order valence-corrected chi connectivity index (χ3v) is 4.37. The van der Waals surface area contributed by atoms with Crippen molar-refractivity contribution >= 4 is 15.9 Å². The standard InChI is InChI=1S/C21H19BrO2/c22-20-14-8-7-13-19(20)21(23-15-17-9-3-1-4-10-17)24-16-18-11-5-2-6-12-18/h1-14,21H,15-16H2. The van der Waals surface area contributed by atoms with Crippen molar-refractivity contribution in [3.05, 3.63) is 106 Å². The summed E-state index contributed by atoms with van der Waals surface area (Å²) in [6.07, 6.45) is -0.430. The maximum atomic E-state index is 6.06. The Hall–Kier alpha value is -1.94. The first-order chi connectivity index (χ1) is 11.8. The van der Waals surface area contributed by atoms with Crippen LogP contribution in [0.3, 0.4) is 0 Å². The lowest BCUT2D eigenvalue weighted by atomic mass is 10.2. The number of halogens is 1. The molecule has 0 aliphatic carbocycles. The summed E-state index contributed by atoms with van der Waals surface area (Å²) in [7, 11) is 0. The van der Waals surface area contributed by atoms with E-state index in [1.54, 1.807) is 0 Å². The molecule has 0 saturated heterocycles. The average molecular weight is 383 g/mol. The van der Waals surface area contributed by atoms with Gasteiger partial charge in [-0.25, -0.2) is 0 Å². The van der Waals surface area contributed by atoms with Gasteiger partial charge >= 0.3 is 0 Å². The fraction of sp³-hybridized carbons (Fsp3) is 0.143. The molecule has 0 atom stereocenters. The average Bonchev–Trinajstić information content (AvgIpc) is 2.64. The Bertz CT molecular complexity index is 701. The highest BCUT2D eigenvalue weighted by molar-refractivity contribution is 9.10. The van der Waals surface area contributed by atoms with Crippen LogP contribution in [0.4, 0.5) is 0 Å². The van der Waals surface area contributed by atoms with Crippen molar-refractivity contribution in [1.82, 2.24) is 0 Å². The Morgan fingerprint density at radius 2 is 1.08 bits per heavy atom. The highest BCUT2D eigenvalue weighted by Gasteiger charge is 2.16. The van der Waals surface area contributed by atoms with Gasteiger partial charge in [-0.15, -0.1) is 0 Å². The SMILES string of the molecule is Brc1ccccc1C(OCc1ccccc1)OCc1ccccc1. The molecule has 0 radical (unpaired) electrons. The quantitative estimate of drug-likeness (QED) is 0.474. The molecule has 0 amide bonds. The van der Waals surface area contributed by atoms with Gasteiger partial charge in [0.2, 0.25) is 0 Å². The zero-order valence-electron chi connectivity index (χ0n) is 13.3. The number of hydrogen-bond donors (Lipinski definition) is 0. The van der Waals surface area contributed by atoms with Gasteiger partial charge in [0.25, 0.3) is 0 Å². The van der Waals surface area contributed by atoms with Gasteiger partial charge < -0.3 is 9.47 Å². The van der Waals surface area contributed by atoms with E-state index in [0.717, 1.165) is 21.2 Å². The molecule has 0 fully saturated rings. The van der Waals surface area contributed by atoms with Gasteiger partial charge in [0.15, 0.2) is 6.29 Å². The largest absolute Gasteiger partial charge is 0.344 e. The van der Waals surface area contributed by atoms with Crippen molar-refractivity contribution in [3.8, 4) is 0 Å². The summed E-state index contributed by atoms with van der Waals surface area (Å²) in [4.78, 5) is 0. The van der Waals surface area contributed by atoms with E-state index >= 15 is 0 Å². The van der Waals surface area contributed by atoms with Crippen LogP contribution >= 0.6 is 15.9 Å². The van der Waals surface area contributed by atoms with E-state index in [1.165, 1.54) is 0 Å². The molecular formula is C21H19BrO2. The number of hydrogen-bond acceptors (Lipinski definition) is 2. The van der Waals surface area contributed by atoms with Gasteiger partial charge in [-0.3, -0.25) is 0 Å². The molecule has 0 heterocycles. The Labute approximate surface area is 151 Å². The van der Waals surface area contributed by atoms with Crippen LogP contribution in [0.2, 0.25) is 0 Å². The molecule has 0 N–H and O–H groups in total. The van der Waals surface area contributed by atoms with Crippen LogP contribution in [-0.2, 0) is 22.7 Å². The summed E-state index contributed by atoms with van der Waals surface area (Å²) < 4.78 is 13.1. The second-order valence-electron chi connectivity index (χ2n) is 5.45. The van der Waals surface area contributed by atoms with Crippen LogP contribution in [0.1, 0.15) is 23.0 Å². The molecule has 2 nitrogen and oxygen atoms in total. The van der Waals surface area contributed by atoms with Crippen LogP contribution in [0.25, 0.3) is 0 Å². The summed E-state index contributed by atoms with van der Waals surface area (Å²) in [5.74, 6) is 0. The Morgan fingerprint density at radius 1 is 0.625 bits per heavy atom. The normalized spacial score (nSPS) is 10.9. The van der Waals surface area contributed by atoms with Crippen molar-refractivity contribution < 1.29 is 9.47 Å². The molecule has 122 valence electrons. The van der Waals surface area contributed by atoms with Crippen LogP contribution in [-0.4, -0.2) is 0 Å². The Kier molecular flexibility index (Phi) is 6.19. The molecule has 3 aromatic carbocycles. The maximum Gasteiger partial charge on any atom is 0.185 e. The molecule has 0 saturated carbocycles. The minimum Gasteiger partial charge on any atom is -0.344 e. The predicted octanol–water partition coefficient (Wildman–Crippen LogP) is 5.88. The zero-order chi connectivity index (χ0) is 16.6. The van der Waals surface area contributed by atoms with Gasteiger partial charge in [0, 0.05) is 10.0 Å². The smallest absolute Gasteiger partial charge is 0.185 e. The molecule has 3 rings (SSSR count). The van der Waals surface area contributed by atoms with Gasteiger partial charge in [-0.05, 0) is 17.2 Å². The molecule has 0 aliphatic heterocycles. The second-order valence-corrected chi connectivity index (χ2v) is 6.30. The Morgan fingerprint density at radius 3 is 1.58 bits per heavy atom. The monoisotopic (exact) mass is 382 g/mol. The Balaban J connectivity index is 1.72. The molecule has 0 aliphatic rings. The molecule has 3 aromatic rings. The van der Waals surface area contributed by atoms with Crippen molar-refractivity contribution in [1.29, 1.82) is 0 Å². The van der Waals surface area contributed by atoms with E-state index < -0.39 is 6.29 Å². The zero-order valence-corrected chi connectivity index (χ0v) is 14.9. The van der Waals surface area contributed by atoms with E-state index in [0.29, 0.717) is 13.2 Å². The third kappa shape index (κ3) is 4.78. The van der Waals surface area contributed by atoms with Crippen LogP contribution in [0.5, 0.6) is 0 Å². The van der Waals surface area contributed by atoms with Crippen LogP contribution in [0.15, 0.2) is 89.4 Å². The number of rotatable bonds is 7. The lowest BCUT2D eigenvalue weighted by Gasteiger charge is -2.20. The topological polar surface area (TPSA) is 18.5 Å². The van der Waals surface area contributed by atoms with Gasteiger partial charge in [-0.1, -0.05) is 94.8 Å². The summed E-state index contributed by atoms with van der Waals surface area (Å²) in [6.45, 7) is 1.00. The number of ether oxygens (including phenoxy) is 2. The van der Waals surface area contributed by atoms with E-state index in [-0.39, 0.29) is 0 Å². The molecule has 0 aromatic heterocycles. The summed E-state index contributed by atoms with van der Waals surface area (Å²) in [6, 6.07) is 28.2. The summed E-state index contributed by atoms with van der Waals surface area (Å²) in [5, 5.41) is 0. The summed E-state index contributed by atoms with van der Waals surface area (Å²) >= 11 is 3.59. The predicted molar refractivity (Wildman–Crippen MR) is 99.3 cm³/mol. The minimum atomic E-state index is -0.430. The minimum absolute atomic E-state index is 0.430. The van der Waals surface area contributed by atoms with E-state index in [2.05, 4.69) is 15.9 Å². The van der Waals surface area contributed by atoms with Crippen molar-refractivity contribution in [2.45, 2.75) is 19.5 Å². The molecule has 24 heavy (non-hydrogen) atoms. The highest BCUT2D eigenvalue weighted by atomic mass is 79.9. The molecular weight excluding hydrogens is 364 g/mol. The fourth-order valence-electron chi connectivity index (χ4n) is 2.39.